The van der Waals surface area contributed by atoms with Crippen molar-refractivity contribution in [3.8, 4) is 0 Å². The van der Waals surface area contributed by atoms with E-state index in [-0.39, 0.29) is 25.0 Å². The summed E-state index contributed by atoms with van der Waals surface area (Å²) in [4.78, 5) is 26.7. The van der Waals surface area contributed by atoms with Crippen LogP contribution in [0.1, 0.15) is 6.92 Å². The van der Waals surface area contributed by atoms with Gasteiger partial charge in [-0.3, -0.25) is 9.59 Å². The van der Waals surface area contributed by atoms with Crippen molar-refractivity contribution in [3.05, 3.63) is 0 Å². The first-order valence-corrected chi connectivity index (χ1v) is 5.40. The summed E-state index contributed by atoms with van der Waals surface area (Å²) in [6, 6.07) is -0.442. The fourth-order valence-corrected chi connectivity index (χ4v) is 1.82. The molecule has 0 radical (unpaired) electrons. The average molecular weight is 229 g/mol. The Morgan fingerprint density at radius 1 is 1.44 bits per heavy atom. The molecule has 1 heterocycles. The highest BCUT2D eigenvalue weighted by molar-refractivity contribution is 5.87. The Morgan fingerprint density at radius 2 is 2.12 bits per heavy atom. The van der Waals surface area contributed by atoms with E-state index in [0.29, 0.717) is 13.1 Å². The van der Waals surface area contributed by atoms with Crippen LogP contribution in [-0.4, -0.2) is 72.6 Å². The van der Waals surface area contributed by atoms with E-state index in [1.807, 2.05) is 11.9 Å². The average Bonchev–Trinajstić information content (AvgIpc) is 2.25. The largest absolute Gasteiger partial charge is 0.395 e. The molecule has 1 rings (SSSR count). The van der Waals surface area contributed by atoms with Crippen LogP contribution in [0.5, 0.6) is 0 Å². The van der Waals surface area contributed by atoms with Gasteiger partial charge in [0.05, 0.1) is 6.61 Å². The quantitative estimate of drug-likeness (QED) is 0.602. The smallest absolute Gasteiger partial charge is 0.244 e. The molecular weight excluding hydrogens is 210 g/mol. The molecule has 0 bridgehead atoms. The molecule has 1 atom stereocenters. The van der Waals surface area contributed by atoms with Gasteiger partial charge < -0.3 is 20.2 Å². The normalized spacial score (nSPS) is 21.9. The fourth-order valence-electron chi connectivity index (χ4n) is 1.82. The van der Waals surface area contributed by atoms with Crippen molar-refractivity contribution in [3.63, 3.8) is 0 Å². The zero-order chi connectivity index (χ0) is 12.1. The van der Waals surface area contributed by atoms with Crippen LogP contribution in [-0.2, 0) is 9.59 Å². The molecule has 0 spiro atoms. The van der Waals surface area contributed by atoms with E-state index in [1.165, 1.54) is 6.92 Å². The second-order valence-electron chi connectivity index (χ2n) is 4.01. The molecule has 0 aromatic rings. The molecule has 0 aliphatic carbocycles. The number of amides is 2. The molecule has 92 valence electrons. The van der Waals surface area contributed by atoms with Crippen LogP contribution in [0.25, 0.3) is 0 Å². The van der Waals surface area contributed by atoms with E-state index < -0.39 is 6.04 Å². The minimum Gasteiger partial charge on any atom is -0.395 e. The van der Waals surface area contributed by atoms with Gasteiger partial charge in [-0.25, -0.2) is 0 Å². The lowest BCUT2D eigenvalue weighted by molar-refractivity contribution is -0.142. The number of aliphatic hydroxyl groups excluding tert-OH is 1. The van der Waals surface area contributed by atoms with Crippen molar-refractivity contribution in [1.29, 1.82) is 0 Å². The highest BCUT2D eigenvalue weighted by Gasteiger charge is 2.32. The minimum absolute atomic E-state index is 0.0859. The fraction of sp³-hybridized carbons (Fsp3) is 0.800. The Balaban J connectivity index is 2.63. The van der Waals surface area contributed by atoms with E-state index in [4.69, 9.17) is 5.11 Å². The van der Waals surface area contributed by atoms with Crippen LogP contribution >= 0.6 is 0 Å². The summed E-state index contributed by atoms with van der Waals surface area (Å²) < 4.78 is 0. The topological polar surface area (TPSA) is 72.9 Å². The van der Waals surface area contributed by atoms with Crippen molar-refractivity contribution < 1.29 is 14.7 Å². The molecular formula is C10H19N3O3. The van der Waals surface area contributed by atoms with E-state index in [9.17, 15) is 9.59 Å². The summed E-state index contributed by atoms with van der Waals surface area (Å²) in [7, 11) is 1.92. The first kappa shape index (κ1) is 12.9. The van der Waals surface area contributed by atoms with Crippen LogP contribution in [0.4, 0.5) is 0 Å². The van der Waals surface area contributed by atoms with Gasteiger partial charge in [0, 0.05) is 33.1 Å². The van der Waals surface area contributed by atoms with Crippen LogP contribution < -0.4 is 5.32 Å². The van der Waals surface area contributed by atoms with Gasteiger partial charge in [-0.1, -0.05) is 0 Å². The van der Waals surface area contributed by atoms with Gasteiger partial charge >= 0.3 is 0 Å². The predicted octanol–water partition coefficient (Wildman–Crippen LogP) is -1.74. The lowest BCUT2D eigenvalue weighted by Crippen LogP contribution is -2.59. The summed E-state index contributed by atoms with van der Waals surface area (Å²) in [5, 5.41) is 11.2. The zero-order valence-corrected chi connectivity index (χ0v) is 9.77. The van der Waals surface area contributed by atoms with Gasteiger partial charge in [-0.15, -0.1) is 0 Å². The number of carbonyl (C=O) groups excluding carboxylic acids is 2. The number of aliphatic hydroxyl groups is 1. The molecule has 0 aromatic heterocycles. The van der Waals surface area contributed by atoms with Crippen molar-refractivity contribution in [1.82, 2.24) is 15.1 Å². The van der Waals surface area contributed by atoms with Gasteiger partial charge in [0.1, 0.15) is 6.04 Å². The highest BCUT2D eigenvalue weighted by atomic mass is 16.3. The Kier molecular flexibility index (Phi) is 4.70. The lowest BCUT2D eigenvalue weighted by Gasteiger charge is -2.38. The molecule has 1 fully saturated rings. The first-order valence-electron chi connectivity index (χ1n) is 5.40. The molecule has 1 aliphatic rings. The molecule has 2 amide bonds. The minimum atomic E-state index is -0.442. The van der Waals surface area contributed by atoms with E-state index in [0.717, 1.165) is 6.54 Å². The van der Waals surface area contributed by atoms with Gasteiger partial charge in [-0.2, -0.15) is 0 Å². The Hall–Kier alpha value is -1.14. The summed E-state index contributed by atoms with van der Waals surface area (Å²) >= 11 is 0. The molecule has 0 aromatic carbocycles. The SMILES string of the molecule is CC(=O)N1CCN(C)CC1C(=O)NCCO. The summed E-state index contributed by atoms with van der Waals surface area (Å²) in [5.74, 6) is -0.284. The number of nitrogens with zero attached hydrogens (tertiary/aromatic N) is 2. The van der Waals surface area contributed by atoms with Gasteiger partial charge in [-0.05, 0) is 7.05 Å². The molecule has 1 aliphatic heterocycles. The van der Waals surface area contributed by atoms with E-state index in [2.05, 4.69) is 5.32 Å². The van der Waals surface area contributed by atoms with Gasteiger partial charge in [0.2, 0.25) is 11.8 Å². The van der Waals surface area contributed by atoms with E-state index in [1.54, 1.807) is 4.90 Å². The maximum atomic E-state index is 11.8. The van der Waals surface area contributed by atoms with Crippen LogP contribution in [0.2, 0.25) is 0 Å². The number of hydrogen-bond acceptors (Lipinski definition) is 4. The maximum Gasteiger partial charge on any atom is 0.244 e. The van der Waals surface area contributed by atoms with Crippen molar-refractivity contribution in [2.75, 3.05) is 39.8 Å². The summed E-state index contributed by atoms with van der Waals surface area (Å²) in [6.45, 7) is 3.50. The Bertz CT molecular complexity index is 270. The number of likely N-dealkylation sites (N-methyl/N-ethyl adjacent to an activating group) is 1. The third-order valence-corrected chi connectivity index (χ3v) is 2.70. The maximum absolute atomic E-state index is 11.8. The number of rotatable bonds is 3. The monoisotopic (exact) mass is 229 g/mol. The Labute approximate surface area is 95.2 Å². The zero-order valence-electron chi connectivity index (χ0n) is 9.77. The summed E-state index contributed by atoms with van der Waals surface area (Å²) in [6.07, 6.45) is 0. The third kappa shape index (κ3) is 3.18. The molecule has 1 unspecified atom stereocenters. The molecule has 1 saturated heterocycles. The van der Waals surface area contributed by atoms with Crippen molar-refractivity contribution in [2.45, 2.75) is 13.0 Å². The van der Waals surface area contributed by atoms with Crippen LogP contribution in [0.15, 0.2) is 0 Å². The van der Waals surface area contributed by atoms with Crippen LogP contribution in [0, 0.1) is 0 Å². The number of nitrogens with one attached hydrogen (secondary N) is 1. The first-order chi connectivity index (χ1) is 7.56. The standard InChI is InChI=1S/C10H19N3O3/c1-8(15)13-5-4-12(2)7-9(13)10(16)11-3-6-14/h9,14H,3-7H2,1-2H3,(H,11,16). The number of hydrogen-bond donors (Lipinski definition) is 2. The van der Waals surface area contributed by atoms with Crippen molar-refractivity contribution in [2.24, 2.45) is 0 Å². The lowest BCUT2D eigenvalue weighted by atomic mass is 10.1. The van der Waals surface area contributed by atoms with E-state index >= 15 is 0 Å². The van der Waals surface area contributed by atoms with Gasteiger partial charge in [0.15, 0.2) is 0 Å². The van der Waals surface area contributed by atoms with Crippen LogP contribution in [0.3, 0.4) is 0 Å². The Morgan fingerprint density at radius 3 is 2.69 bits per heavy atom. The number of piperazine rings is 1. The molecule has 0 saturated carbocycles. The summed E-state index contributed by atoms with van der Waals surface area (Å²) in [5.41, 5.74) is 0. The van der Waals surface area contributed by atoms with Gasteiger partial charge in [0.25, 0.3) is 0 Å². The second-order valence-corrected chi connectivity index (χ2v) is 4.01. The molecule has 16 heavy (non-hydrogen) atoms. The second kappa shape index (κ2) is 5.81. The third-order valence-electron chi connectivity index (χ3n) is 2.70. The number of carbonyl (C=O) groups is 2. The molecule has 2 N–H and O–H groups in total. The van der Waals surface area contributed by atoms with Crippen molar-refractivity contribution >= 4 is 11.8 Å². The molecule has 6 heteroatoms. The predicted molar refractivity (Wildman–Crippen MR) is 58.8 cm³/mol. The highest BCUT2D eigenvalue weighted by Crippen LogP contribution is 2.08. The molecule has 6 nitrogen and oxygen atoms in total.